The second-order valence-electron chi connectivity index (χ2n) is 4.58. The van der Waals surface area contributed by atoms with Crippen molar-refractivity contribution in [3.63, 3.8) is 0 Å². The molecular formula is C15H22N2O3. The molecule has 0 fully saturated rings. The van der Waals surface area contributed by atoms with E-state index in [4.69, 9.17) is 9.94 Å². The van der Waals surface area contributed by atoms with E-state index >= 15 is 0 Å². The first-order chi connectivity index (χ1) is 9.60. The minimum atomic E-state index is -0.128. The van der Waals surface area contributed by atoms with Crippen LogP contribution in [0.25, 0.3) is 0 Å². The number of hydrogen-bond acceptors (Lipinski definition) is 4. The highest BCUT2D eigenvalue weighted by molar-refractivity contribution is 5.98. The fourth-order valence-electron chi connectivity index (χ4n) is 1.78. The Hall–Kier alpha value is -2.04. The molecule has 0 bridgehead atoms. The lowest BCUT2D eigenvalue weighted by molar-refractivity contribution is -0.123. The van der Waals surface area contributed by atoms with E-state index in [0.717, 1.165) is 18.4 Å². The minimum absolute atomic E-state index is 0.0186. The Kier molecular flexibility index (Phi) is 6.56. The van der Waals surface area contributed by atoms with E-state index in [-0.39, 0.29) is 18.6 Å². The summed E-state index contributed by atoms with van der Waals surface area (Å²) in [5.74, 6) is 0.446. The Morgan fingerprint density at radius 2 is 2.10 bits per heavy atom. The van der Waals surface area contributed by atoms with Crippen LogP contribution < -0.4 is 10.1 Å². The second-order valence-corrected chi connectivity index (χ2v) is 4.58. The number of benzene rings is 1. The lowest BCUT2D eigenvalue weighted by Gasteiger charge is -2.15. The van der Waals surface area contributed by atoms with Gasteiger partial charge < -0.3 is 15.3 Å². The van der Waals surface area contributed by atoms with Gasteiger partial charge >= 0.3 is 0 Å². The molecule has 20 heavy (non-hydrogen) atoms. The summed E-state index contributed by atoms with van der Waals surface area (Å²) in [6.45, 7) is 5.75. The van der Waals surface area contributed by atoms with E-state index in [1.54, 1.807) is 25.1 Å². The van der Waals surface area contributed by atoms with Gasteiger partial charge in [-0.15, -0.1) is 0 Å². The molecular weight excluding hydrogens is 256 g/mol. The number of ether oxygens (including phenoxy) is 1. The van der Waals surface area contributed by atoms with Gasteiger partial charge in [0.05, 0.1) is 5.71 Å². The average molecular weight is 278 g/mol. The summed E-state index contributed by atoms with van der Waals surface area (Å²) in [4.78, 5) is 11.7. The number of hydrogen-bond donors (Lipinski definition) is 2. The zero-order chi connectivity index (χ0) is 15.0. The molecule has 0 heterocycles. The van der Waals surface area contributed by atoms with E-state index in [0.29, 0.717) is 11.5 Å². The molecule has 0 aromatic heterocycles. The van der Waals surface area contributed by atoms with Crippen molar-refractivity contribution in [1.29, 1.82) is 0 Å². The van der Waals surface area contributed by atoms with Crippen molar-refractivity contribution in [2.24, 2.45) is 5.16 Å². The zero-order valence-electron chi connectivity index (χ0n) is 12.2. The molecule has 0 aliphatic heterocycles. The first kappa shape index (κ1) is 16.0. The summed E-state index contributed by atoms with van der Waals surface area (Å²) in [7, 11) is 0. The topological polar surface area (TPSA) is 70.9 Å². The Balaban J connectivity index is 2.55. The number of nitrogens with one attached hydrogen (secondary N) is 1. The molecule has 0 atom stereocenters. The summed E-state index contributed by atoms with van der Waals surface area (Å²) < 4.78 is 5.44. The van der Waals surface area contributed by atoms with Crippen LogP contribution >= 0.6 is 0 Å². The molecule has 110 valence electrons. The Labute approximate surface area is 119 Å². The van der Waals surface area contributed by atoms with Crippen LogP contribution in [-0.4, -0.2) is 29.5 Å². The molecule has 0 saturated carbocycles. The van der Waals surface area contributed by atoms with Crippen LogP contribution in [0.15, 0.2) is 29.4 Å². The predicted octanol–water partition coefficient (Wildman–Crippen LogP) is 2.57. The van der Waals surface area contributed by atoms with Crippen LogP contribution in [0.4, 0.5) is 0 Å². The number of amides is 1. The number of carbonyl (C=O) groups is 1. The number of rotatable bonds is 7. The standard InChI is InChI=1S/C15H22N2O3/c1-4-13(5-2)16-15(18)10-20-14-8-6-7-12(9-14)11(3)17-19/h6-9,13,19H,4-5,10H2,1-3H3,(H,16,18). The van der Waals surface area contributed by atoms with Crippen LogP contribution in [0.1, 0.15) is 39.2 Å². The van der Waals surface area contributed by atoms with Crippen LogP contribution in [0.3, 0.4) is 0 Å². The lowest BCUT2D eigenvalue weighted by Crippen LogP contribution is -2.37. The van der Waals surface area contributed by atoms with Gasteiger partial charge in [-0.2, -0.15) is 0 Å². The van der Waals surface area contributed by atoms with Gasteiger partial charge in [-0.1, -0.05) is 31.1 Å². The van der Waals surface area contributed by atoms with E-state index < -0.39 is 0 Å². The first-order valence-electron chi connectivity index (χ1n) is 6.81. The monoisotopic (exact) mass is 278 g/mol. The van der Waals surface area contributed by atoms with Crippen molar-refractivity contribution in [3.05, 3.63) is 29.8 Å². The Morgan fingerprint density at radius 3 is 2.70 bits per heavy atom. The van der Waals surface area contributed by atoms with Gasteiger partial charge in [0.15, 0.2) is 6.61 Å². The van der Waals surface area contributed by atoms with Crippen LogP contribution in [0.5, 0.6) is 5.75 Å². The maximum absolute atomic E-state index is 11.7. The summed E-state index contributed by atoms with van der Waals surface area (Å²) in [6.07, 6.45) is 1.81. The van der Waals surface area contributed by atoms with Crippen molar-refractivity contribution in [1.82, 2.24) is 5.32 Å². The molecule has 0 aliphatic rings. The van der Waals surface area contributed by atoms with Crippen LogP contribution in [0.2, 0.25) is 0 Å². The largest absolute Gasteiger partial charge is 0.484 e. The third kappa shape index (κ3) is 4.91. The fraction of sp³-hybridized carbons (Fsp3) is 0.467. The quantitative estimate of drug-likeness (QED) is 0.457. The molecule has 2 N–H and O–H groups in total. The summed E-state index contributed by atoms with van der Waals surface area (Å²) in [5.41, 5.74) is 1.25. The van der Waals surface area contributed by atoms with Crippen LogP contribution in [0, 0.1) is 0 Å². The number of carbonyl (C=O) groups excluding carboxylic acids is 1. The number of oxime groups is 1. The van der Waals surface area contributed by atoms with E-state index in [1.165, 1.54) is 0 Å². The zero-order valence-corrected chi connectivity index (χ0v) is 12.2. The van der Waals surface area contributed by atoms with Crippen molar-refractivity contribution in [2.45, 2.75) is 39.7 Å². The average Bonchev–Trinajstić information content (AvgIpc) is 2.50. The van der Waals surface area contributed by atoms with E-state index in [9.17, 15) is 4.79 Å². The normalized spacial score (nSPS) is 11.5. The molecule has 1 aromatic rings. The smallest absolute Gasteiger partial charge is 0.258 e. The summed E-state index contributed by atoms with van der Waals surface area (Å²) in [5, 5.41) is 14.8. The number of nitrogens with zero attached hydrogens (tertiary/aromatic N) is 1. The van der Waals surface area contributed by atoms with Crippen molar-refractivity contribution in [3.8, 4) is 5.75 Å². The lowest BCUT2D eigenvalue weighted by atomic mass is 10.1. The highest BCUT2D eigenvalue weighted by atomic mass is 16.5. The van der Waals surface area contributed by atoms with Gasteiger partial charge in [-0.25, -0.2) is 0 Å². The van der Waals surface area contributed by atoms with Crippen molar-refractivity contribution >= 4 is 11.6 Å². The molecule has 0 saturated heterocycles. The molecule has 0 aliphatic carbocycles. The summed E-state index contributed by atoms with van der Waals surface area (Å²) >= 11 is 0. The fourth-order valence-corrected chi connectivity index (χ4v) is 1.78. The van der Waals surface area contributed by atoms with E-state index in [2.05, 4.69) is 10.5 Å². The highest BCUT2D eigenvalue weighted by Gasteiger charge is 2.09. The van der Waals surface area contributed by atoms with E-state index in [1.807, 2.05) is 19.9 Å². The molecule has 5 heteroatoms. The maximum Gasteiger partial charge on any atom is 0.258 e. The van der Waals surface area contributed by atoms with Gasteiger partial charge in [-0.05, 0) is 31.9 Å². The van der Waals surface area contributed by atoms with Crippen molar-refractivity contribution < 1.29 is 14.7 Å². The second kappa shape index (κ2) is 8.19. The molecule has 1 amide bonds. The van der Waals surface area contributed by atoms with Gasteiger partial charge in [0.2, 0.25) is 0 Å². The maximum atomic E-state index is 11.7. The molecule has 0 spiro atoms. The first-order valence-corrected chi connectivity index (χ1v) is 6.81. The summed E-state index contributed by atoms with van der Waals surface area (Å²) in [6, 6.07) is 7.30. The highest BCUT2D eigenvalue weighted by Crippen LogP contribution is 2.14. The third-order valence-electron chi connectivity index (χ3n) is 3.12. The molecule has 5 nitrogen and oxygen atoms in total. The van der Waals surface area contributed by atoms with Crippen LogP contribution in [-0.2, 0) is 4.79 Å². The van der Waals surface area contributed by atoms with Gasteiger partial charge in [0, 0.05) is 11.6 Å². The predicted molar refractivity (Wildman–Crippen MR) is 78.4 cm³/mol. The van der Waals surface area contributed by atoms with Crippen molar-refractivity contribution in [2.75, 3.05) is 6.61 Å². The van der Waals surface area contributed by atoms with Gasteiger partial charge in [0.1, 0.15) is 5.75 Å². The SMILES string of the molecule is CCC(CC)NC(=O)COc1cccc(C(C)=NO)c1. The third-order valence-corrected chi connectivity index (χ3v) is 3.12. The Morgan fingerprint density at radius 1 is 1.40 bits per heavy atom. The minimum Gasteiger partial charge on any atom is -0.484 e. The molecule has 0 unspecified atom stereocenters. The van der Waals surface area contributed by atoms with Gasteiger partial charge in [-0.3, -0.25) is 4.79 Å². The Bertz CT molecular complexity index is 468. The molecule has 1 aromatic carbocycles. The molecule has 1 rings (SSSR count). The van der Waals surface area contributed by atoms with Gasteiger partial charge in [0.25, 0.3) is 5.91 Å². The molecule has 0 radical (unpaired) electrons.